The van der Waals surface area contributed by atoms with E-state index in [4.69, 9.17) is 11.5 Å². The van der Waals surface area contributed by atoms with Gasteiger partial charge in [-0.25, -0.2) is 0 Å². The van der Waals surface area contributed by atoms with Crippen molar-refractivity contribution < 1.29 is 4.79 Å². The van der Waals surface area contributed by atoms with Crippen LogP contribution in [0.1, 0.15) is 51.4 Å². The van der Waals surface area contributed by atoms with E-state index in [9.17, 15) is 4.79 Å². The fourth-order valence-corrected chi connectivity index (χ4v) is 3.49. The Balaban J connectivity index is 2.31. The minimum absolute atomic E-state index is 0.0527. The van der Waals surface area contributed by atoms with Crippen molar-refractivity contribution in [2.45, 2.75) is 56.9 Å². The van der Waals surface area contributed by atoms with Gasteiger partial charge in [-0.3, -0.25) is 4.79 Å². The molecule has 1 unspecified atom stereocenters. The maximum atomic E-state index is 11.5. The SMILES string of the molecule is NC(=O)C1(N)CCCCC12CCCC2. The molecule has 0 aliphatic heterocycles. The quantitative estimate of drug-likeness (QED) is 0.663. The molecule has 0 heterocycles. The van der Waals surface area contributed by atoms with Crippen molar-refractivity contribution >= 4 is 5.91 Å². The Hall–Kier alpha value is -0.570. The highest BCUT2D eigenvalue weighted by Gasteiger charge is 2.54. The van der Waals surface area contributed by atoms with Crippen LogP contribution in [0.25, 0.3) is 0 Å². The van der Waals surface area contributed by atoms with Crippen LogP contribution in [0.5, 0.6) is 0 Å². The smallest absolute Gasteiger partial charge is 0.238 e. The maximum Gasteiger partial charge on any atom is 0.238 e. The fourth-order valence-electron chi connectivity index (χ4n) is 3.49. The molecule has 4 N–H and O–H groups in total. The van der Waals surface area contributed by atoms with E-state index in [-0.39, 0.29) is 11.3 Å². The van der Waals surface area contributed by atoms with Gasteiger partial charge in [0.05, 0.1) is 0 Å². The Kier molecular flexibility index (Phi) is 2.30. The van der Waals surface area contributed by atoms with E-state index in [1.807, 2.05) is 0 Å². The van der Waals surface area contributed by atoms with Gasteiger partial charge in [0, 0.05) is 0 Å². The van der Waals surface area contributed by atoms with Crippen molar-refractivity contribution in [3.8, 4) is 0 Å². The highest BCUT2D eigenvalue weighted by atomic mass is 16.1. The lowest BCUT2D eigenvalue weighted by atomic mass is 9.60. The number of hydrogen-bond acceptors (Lipinski definition) is 2. The van der Waals surface area contributed by atoms with Crippen molar-refractivity contribution in [2.24, 2.45) is 16.9 Å². The van der Waals surface area contributed by atoms with Gasteiger partial charge < -0.3 is 11.5 Å². The first-order valence-electron chi connectivity index (χ1n) is 5.70. The average Bonchev–Trinajstić information content (AvgIpc) is 2.60. The van der Waals surface area contributed by atoms with Gasteiger partial charge in [0.2, 0.25) is 5.91 Å². The normalized spacial score (nSPS) is 36.1. The third-order valence-corrected chi connectivity index (χ3v) is 4.42. The maximum absolute atomic E-state index is 11.5. The van der Waals surface area contributed by atoms with E-state index in [1.54, 1.807) is 0 Å². The summed E-state index contributed by atoms with van der Waals surface area (Å²) in [7, 11) is 0. The summed E-state index contributed by atoms with van der Waals surface area (Å²) in [5, 5.41) is 0. The first-order valence-corrected chi connectivity index (χ1v) is 5.70. The van der Waals surface area contributed by atoms with Crippen LogP contribution < -0.4 is 11.5 Å². The van der Waals surface area contributed by atoms with Crippen LogP contribution in [0.4, 0.5) is 0 Å². The zero-order valence-electron chi connectivity index (χ0n) is 8.72. The van der Waals surface area contributed by atoms with Crippen LogP contribution in [0.15, 0.2) is 0 Å². The van der Waals surface area contributed by atoms with Crippen molar-refractivity contribution in [1.29, 1.82) is 0 Å². The highest BCUT2D eigenvalue weighted by Crippen LogP contribution is 2.53. The summed E-state index contributed by atoms with van der Waals surface area (Å²) in [4.78, 5) is 11.5. The first kappa shape index (κ1) is 9.97. The van der Waals surface area contributed by atoms with Gasteiger partial charge in [0.15, 0.2) is 0 Å². The minimum atomic E-state index is -0.707. The standard InChI is InChI=1S/C11H20N2O/c12-9(14)11(13)8-4-3-7-10(11)5-1-2-6-10/h1-8,13H2,(H2,12,14). The van der Waals surface area contributed by atoms with Crippen molar-refractivity contribution in [3.63, 3.8) is 0 Å². The molecule has 0 saturated heterocycles. The van der Waals surface area contributed by atoms with Crippen molar-refractivity contribution in [1.82, 2.24) is 0 Å². The molecule has 1 amide bonds. The van der Waals surface area contributed by atoms with Gasteiger partial charge in [-0.2, -0.15) is 0 Å². The number of primary amides is 1. The molecule has 0 aromatic rings. The molecule has 2 aliphatic rings. The average molecular weight is 196 g/mol. The fraction of sp³-hybridized carbons (Fsp3) is 0.909. The number of nitrogens with two attached hydrogens (primary N) is 2. The molecule has 0 bridgehead atoms. The van der Waals surface area contributed by atoms with Crippen LogP contribution in [0, 0.1) is 5.41 Å². The van der Waals surface area contributed by atoms with Crippen molar-refractivity contribution in [3.05, 3.63) is 0 Å². The Labute approximate surface area is 85.2 Å². The second-order valence-electron chi connectivity index (χ2n) is 5.03. The van der Waals surface area contributed by atoms with Gasteiger partial charge in [0.25, 0.3) is 0 Å². The molecule has 1 atom stereocenters. The Morgan fingerprint density at radius 1 is 0.929 bits per heavy atom. The second kappa shape index (κ2) is 3.23. The monoisotopic (exact) mass is 196 g/mol. The minimum Gasteiger partial charge on any atom is -0.368 e. The third kappa shape index (κ3) is 1.18. The summed E-state index contributed by atoms with van der Waals surface area (Å²) in [6.45, 7) is 0. The van der Waals surface area contributed by atoms with Gasteiger partial charge in [0.1, 0.15) is 5.54 Å². The van der Waals surface area contributed by atoms with E-state index in [0.717, 1.165) is 32.1 Å². The highest BCUT2D eigenvalue weighted by molar-refractivity contribution is 5.85. The molecule has 3 nitrogen and oxygen atoms in total. The molecule has 0 aromatic carbocycles. The molecule has 14 heavy (non-hydrogen) atoms. The van der Waals surface area contributed by atoms with Crippen LogP contribution >= 0.6 is 0 Å². The molecule has 2 rings (SSSR count). The summed E-state index contributed by atoms with van der Waals surface area (Å²) < 4.78 is 0. The first-order chi connectivity index (χ1) is 6.61. The van der Waals surface area contributed by atoms with E-state index < -0.39 is 5.54 Å². The number of hydrogen-bond donors (Lipinski definition) is 2. The van der Waals surface area contributed by atoms with E-state index in [2.05, 4.69) is 0 Å². The molecule has 3 heteroatoms. The number of carbonyl (C=O) groups is 1. The largest absolute Gasteiger partial charge is 0.368 e. The Bertz CT molecular complexity index is 246. The predicted molar refractivity (Wildman–Crippen MR) is 55.5 cm³/mol. The van der Waals surface area contributed by atoms with Gasteiger partial charge in [-0.15, -0.1) is 0 Å². The number of rotatable bonds is 1. The summed E-state index contributed by atoms with van der Waals surface area (Å²) >= 11 is 0. The lowest BCUT2D eigenvalue weighted by Gasteiger charge is -2.47. The van der Waals surface area contributed by atoms with Crippen LogP contribution in [0.3, 0.4) is 0 Å². The third-order valence-electron chi connectivity index (χ3n) is 4.42. The van der Waals surface area contributed by atoms with E-state index in [0.29, 0.717) is 0 Å². The summed E-state index contributed by atoms with van der Waals surface area (Å²) in [5.41, 5.74) is 11.1. The summed E-state index contributed by atoms with van der Waals surface area (Å²) in [5.74, 6) is -0.279. The predicted octanol–water partition coefficient (Wildman–Crippen LogP) is 1.30. The van der Waals surface area contributed by atoms with Crippen LogP contribution in [-0.2, 0) is 4.79 Å². The molecule has 0 aromatic heterocycles. The lowest BCUT2D eigenvalue weighted by Crippen LogP contribution is -2.64. The zero-order valence-corrected chi connectivity index (χ0v) is 8.72. The lowest BCUT2D eigenvalue weighted by molar-refractivity contribution is -0.130. The zero-order chi connectivity index (χ0) is 10.2. The van der Waals surface area contributed by atoms with Gasteiger partial charge >= 0.3 is 0 Å². The van der Waals surface area contributed by atoms with Crippen LogP contribution in [-0.4, -0.2) is 11.4 Å². The Morgan fingerprint density at radius 3 is 1.79 bits per heavy atom. The van der Waals surface area contributed by atoms with Gasteiger partial charge in [-0.05, 0) is 31.1 Å². The molecular weight excluding hydrogens is 176 g/mol. The van der Waals surface area contributed by atoms with Crippen LogP contribution in [0.2, 0.25) is 0 Å². The number of amides is 1. The number of carbonyl (C=O) groups excluding carboxylic acids is 1. The summed E-state index contributed by atoms with van der Waals surface area (Å²) in [6, 6.07) is 0. The molecule has 2 saturated carbocycles. The molecule has 1 spiro atoms. The second-order valence-corrected chi connectivity index (χ2v) is 5.03. The molecule has 2 aliphatic carbocycles. The molecule has 80 valence electrons. The topological polar surface area (TPSA) is 69.1 Å². The summed E-state index contributed by atoms with van der Waals surface area (Å²) in [6.07, 6.45) is 8.81. The van der Waals surface area contributed by atoms with E-state index in [1.165, 1.54) is 19.3 Å². The molecule has 0 radical (unpaired) electrons. The molecular formula is C11H20N2O. The molecule has 2 fully saturated rings. The van der Waals surface area contributed by atoms with E-state index >= 15 is 0 Å². The van der Waals surface area contributed by atoms with Gasteiger partial charge in [-0.1, -0.05) is 25.7 Å². The van der Waals surface area contributed by atoms with Crippen molar-refractivity contribution in [2.75, 3.05) is 0 Å². The Morgan fingerprint density at radius 2 is 1.36 bits per heavy atom.